The number of benzene rings is 2. The van der Waals surface area contributed by atoms with E-state index in [4.69, 9.17) is 17.3 Å². The Morgan fingerprint density at radius 1 is 1.09 bits per heavy atom. The molecule has 0 atom stereocenters. The molecule has 0 unspecified atom stereocenters. The number of hydrogen-bond acceptors (Lipinski definition) is 3. The van der Waals surface area contributed by atoms with Crippen LogP contribution in [0.2, 0.25) is 5.02 Å². The van der Waals surface area contributed by atoms with Gasteiger partial charge in [0.25, 0.3) is 5.91 Å². The average molecular weight is 442 g/mol. The van der Waals surface area contributed by atoms with Crippen LogP contribution < -0.4 is 10.6 Å². The number of para-hydroxylation sites is 1. The molecule has 0 radical (unpaired) electrons. The van der Waals surface area contributed by atoms with Gasteiger partial charge in [-0.3, -0.25) is 4.79 Å². The Bertz CT molecular complexity index is 709. The van der Waals surface area contributed by atoms with Crippen molar-refractivity contribution in [3.63, 3.8) is 0 Å². The minimum atomic E-state index is 0.0790. The van der Waals surface area contributed by atoms with Crippen LogP contribution in [0.15, 0.2) is 42.5 Å². The Balaban J connectivity index is 1.70. The van der Waals surface area contributed by atoms with Gasteiger partial charge in [0.15, 0.2) is 0 Å². The van der Waals surface area contributed by atoms with E-state index in [2.05, 4.69) is 27.5 Å². The average Bonchev–Trinajstić information content (AvgIpc) is 2.55. The van der Waals surface area contributed by atoms with E-state index in [1.165, 1.54) is 0 Å². The molecule has 1 aliphatic heterocycles. The number of nitrogen functional groups attached to an aromatic ring is 1. The highest BCUT2D eigenvalue weighted by Crippen LogP contribution is 2.32. The number of amides is 1. The van der Waals surface area contributed by atoms with Crippen LogP contribution in [0.5, 0.6) is 0 Å². The molecular weight excluding hydrogens is 425 g/mol. The monoisotopic (exact) mass is 441 g/mol. The Hall–Kier alpha value is -1.47. The first-order valence-corrected chi connectivity index (χ1v) is 8.85. The summed E-state index contributed by atoms with van der Waals surface area (Å²) in [6.07, 6.45) is 0. The zero-order valence-electron chi connectivity index (χ0n) is 12.5. The third-order valence-corrected chi connectivity index (χ3v) is 4.95. The van der Waals surface area contributed by atoms with Crippen molar-refractivity contribution in [1.29, 1.82) is 0 Å². The summed E-state index contributed by atoms with van der Waals surface area (Å²) in [5, 5.41) is 0.655. The predicted molar refractivity (Wildman–Crippen MR) is 103 cm³/mol. The molecule has 2 aromatic carbocycles. The van der Waals surface area contributed by atoms with Gasteiger partial charge in [0, 0.05) is 35.3 Å². The van der Waals surface area contributed by atoms with Crippen molar-refractivity contribution in [1.82, 2.24) is 4.90 Å². The highest BCUT2D eigenvalue weighted by Gasteiger charge is 2.24. The van der Waals surface area contributed by atoms with Gasteiger partial charge >= 0.3 is 0 Å². The molecule has 0 bridgehead atoms. The second kappa shape index (κ2) is 6.97. The molecule has 1 aliphatic rings. The number of hydrogen-bond donors (Lipinski definition) is 1. The summed E-state index contributed by atoms with van der Waals surface area (Å²) in [4.78, 5) is 16.6. The van der Waals surface area contributed by atoms with Gasteiger partial charge in [0.05, 0.1) is 16.4 Å². The van der Waals surface area contributed by atoms with Gasteiger partial charge in [-0.15, -0.1) is 0 Å². The molecule has 0 aromatic heterocycles. The van der Waals surface area contributed by atoms with E-state index in [1.807, 2.05) is 47.4 Å². The largest absolute Gasteiger partial charge is 0.397 e. The lowest BCUT2D eigenvalue weighted by molar-refractivity contribution is 0.0747. The molecule has 6 heteroatoms. The number of piperazine rings is 1. The van der Waals surface area contributed by atoms with Crippen molar-refractivity contribution in [3.8, 4) is 0 Å². The molecule has 1 fully saturated rings. The number of halogens is 2. The molecule has 3 rings (SSSR count). The SMILES string of the molecule is Nc1cccc(Cl)c1N1CCN(C(=O)c2cccc(I)c2)CC1. The number of carbonyl (C=O) groups excluding carboxylic acids is 1. The summed E-state index contributed by atoms with van der Waals surface area (Å²) in [5.74, 6) is 0.0790. The molecule has 1 amide bonds. The quantitative estimate of drug-likeness (QED) is 0.573. The second-order valence-corrected chi connectivity index (χ2v) is 7.12. The lowest BCUT2D eigenvalue weighted by Crippen LogP contribution is -2.49. The van der Waals surface area contributed by atoms with E-state index < -0.39 is 0 Å². The molecule has 1 saturated heterocycles. The van der Waals surface area contributed by atoms with Gasteiger partial charge in [-0.2, -0.15) is 0 Å². The molecule has 1 heterocycles. The van der Waals surface area contributed by atoms with Crippen LogP contribution in [0.4, 0.5) is 11.4 Å². The maximum absolute atomic E-state index is 12.6. The molecule has 0 saturated carbocycles. The van der Waals surface area contributed by atoms with Crippen molar-refractivity contribution in [2.45, 2.75) is 0 Å². The lowest BCUT2D eigenvalue weighted by Gasteiger charge is -2.37. The third-order valence-electron chi connectivity index (χ3n) is 3.97. The Labute approximate surface area is 154 Å². The second-order valence-electron chi connectivity index (χ2n) is 5.47. The maximum Gasteiger partial charge on any atom is 0.254 e. The van der Waals surface area contributed by atoms with Crippen LogP contribution in [0, 0.1) is 3.57 Å². The molecule has 23 heavy (non-hydrogen) atoms. The highest BCUT2D eigenvalue weighted by atomic mass is 127. The van der Waals surface area contributed by atoms with Crippen LogP contribution in [0.1, 0.15) is 10.4 Å². The summed E-state index contributed by atoms with van der Waals surface area (Å²) in [6, 6.07) is 13.2. The third kappa shape index (κ3) is 3.55. The van der Waals surface area contributed by atoms with Crippen molar-refractivity contribution in [3.05, 3.63) is 56.6 Å². The normalized spacial score (nSPS) is 14.9. The fourth-order valence-corrected chi connectivity index (χ4v) is 3.65. The standard InChI is InChI=1S/C17H17ClIN3O/c18-14-5-2-6-15(20)16(14)21-7-9-22(10-8-21)17(23)12-3-1-4-13(19)11-12/h1-6,11H,7-10,20H2. The van der Waals surface area contributed by atoms with Gasteiger partial charge in [0.2, 0.25) is 0 Å². The number of rotatable bonds is 2. The van der Waals surface area contributed by atoms with E-state index in [0.29, 0.717) is 23.8 Å². The van der Waals surface area contributed by atoms with Crippen molar-refractivity contribution < 1.29 is 4.79 Å². The van der Waals surface area contributed by atoms with Gasteiger partial charge in [-0.1, -0.05) is 23.7 Å². The van der Waals surface area contributed by atoms with E-state index in [9.17, 15) is 4.79 Å². The summed E-state index contributed by atoms with van der Waals surface area (Å²) in [6.45, 7) is 2.77. The molecule has 120 valence electrons. The number of nitrogens with two attached hydrogens (primary N) is 1. The number of anilines is 2. The van der Waals surface area contributed by atoms with E-state index >= 15 is 0 Å². The van der Waals surface area contributed by atoms with Gasteiger partial charge in [0.1, 0.15) is 0 Å². The summed E-state index contributed by atoms with van der Waals surface area (Å²) in [7, 11) is 0. The number of carbonyl (C=O) groups is 1. The Morgan fingerprint density at radius 3 is 2.43 bits per heavy atom. The van der Waals surface area contributed by atoms with Crippen LogP contribution in [-0.4, -0.2) is 37.0 Å². The Kier molecular flexibility index (Phi) is 4.96. The highest BCUT2D eigenvalue weighted by molar-refractivity contribution is 14.1. The lowest BCUT2D eigenvalue weighted by atomic mass is 10.1. The van der Waals surface area contributed by atoms with Crippen molar-refractivity contribution in [2.24, 2.45) is 0 Å². The number of nitrogens with zero attached hydrogens (tertiary/aromatic N) is 2. The molecule has 2 N–H and O–H groups in total. The fourth-order valence-electron chi connectivity index (χ4n) is 2.80. The zero-order valence-corrected chi connectivity index (χ0v) is 15.4. The summed E-state index contributed by atoms with van der Waals surface area (Å²) < 4.78 is 1.07. The van der Waals surface area contributed by atoms with Gasteiger partial charge in [-0.25, -0.2) is 0 Å². The molecule has 0 aliphatic carbocycles. The minimum Gasteiger partial charge on any atom is -0.397 e. The van der Waals surface area contributed by atoms with Crippen LogP contribution in [-0.2, 0) is 0 Å². The predicted octanol–water partition coefficient (Wildman–Crippen LogP) is 3.49. The van der Waals surface area contributed by atoms with Crippen LogP contribution >= 0.6 is 34.2 Å². The summed E-state index contributed by atoms with van der Waals surface area (Å²) in [5.41, 5.74) is 8.33. The first kappa shape index (κ1) is 16.4. The van der Waals surface area contributed by atoms with Crippen molar-refractivity contribution >= 4 is 51.5 Å². The van der Waals surface area contributed by atoms with Crippen molar-refractivity contribution in [2.75, 3.05) is 36.8 Å². The summed E-state index contributed by atoms with van der Waals surface area (Å²) >= 11 is 8.49. The smallest absolute Gasteiger partial charge is 0.254 e. The van der Waals surface area contributed by atoms with Gasteiger partial charge < -0.3 is 15.5 Å². The van der Waals surface area contributed by atoms with E-state index in [1.54, 1.807) is 0 Å². The molecule has 2 aromatic rings. The Morgan fingerprint density at radius 2 is 1.78 bits per heavy atom. The van der Waals surface area contributed by atoms with Gasteiger partial charge in [-0.05, 0) is 52.9 Å². The van der Waals surface area contributed by atoms with E-state index in [0.717, 1.165) is 27.9 Å². The van der Waals surface area contributed by atoms with Crippen LogP contribution in [0.3, 0.4) is 0 Å². The topological polar surface area (TPSA) is 49.6 Å². The minimum absolute atomic E-state index is 0.0790. The molecule has 4 nitrogen and oxygen atoms in total. The van der Waals surface area contributed by atoms with E-state index in [-0.39, 0.29) is 5.91 Å². The fraction of sp³-hybridized carbons (Fsp3) is 0.235. The van der Waals surface area contributed by atoms with Crippen LogP contribution in [0.25, 0.3) is 0 Å². The zero-order chi connectivity index (χ0) is 16.4. The first-order chi connectivity index (χ1) is 11.1. The molecular formula is C17H17ClIN3O. The maximum atomic E-state index is 12.6. The molecule has 0 spiro atoms. The first-order valence-electron chi connectivity index (χ1n) is 7.40.